The molecule has 0 bridgehead atoms. The van der Waals surface area contributed by atoms with Gasteiger partial charge in [-0.3, -0.25) is 0 Å². The molecule has 0 radical (unpaired) electrons. The minimum atomic E-state index is -0.236. The van der Waals surface area contributed by atoms with Crippen LogP contribution in [-0.4, -0.2) is 38.1 Å². The molecule has 1 heterocycles. The Bertz CT molecular complexity index is 199. The maximum Gasteiger partial charge on any atom is 0.330 e. The zero-order chi connectivity index (χ0) is 8.97. The molecule has 0 N–H and O–H groups in total. The lowest BCUT2D eigenvalue weighted by Crippen LogP contribution is -2.27. The fraction of sp³-hybridized carbons (Fsp3) is 0.667. The van der Waals surface area contributed by atoms with Crippen LogP contribution in [0.4, 0.5) is 0 Å². The lowest BCUT2D eigenvalue weighted by Gasteiger charge is -2.23. The van der Waals surface area contributed by atoms with Gasteiger partial charge in [-0.1, -0.05) is 0 Å². The second-order valence-electron chi connectivity index (χ2n) is 3.17. The van der Waals surface area contributed by atoms with Crippen molar-refractivity contribution in [3.05, 3.63) is 11.6 Å². The van der Waals surface area contributed by atoms with Gasteiger partial charge < -0.3 is 9.64 Å². The molecule has 1 saturated heterocycles. The summed E-state index contributed by atoms with van der Waals surface area (Å²) in [5.41, 5.74) is 1.18. The van der Waals surface area contributed by atoms with Gasteiger partial charge in [0.15, 0.2) is 0 Å². The van der Waals surface area contributed by atoms with Gasteiger partial charge in [-0.2, -0.15) is 0 Å². The summed E-state index contributed by atoms with van der Waals surface area (Å²) in [5.74, 6) is -0.236. The van der Waals surface area contributed by atoms with Gasteiger partial charge in [-0.25, -0.2) is 4.79 Å². The molecule has 68 valence electrons. The minimum absolute atomic E-state index is 0.236. The summed E-state index contributed by atoms with van der Waals surface area (Å²) in [7, 11) is 3.47. The van der Waals surface area contributed by atoms with Crippen molar-refractivity contribution in [3.63, 3.8) is 0 Å². The highest BCUT2D eigenvalue weighted by Crippen LogP contribution is 2.13. The zero-order valence-electron chi connectivity index (χ0n) is 7.67. The quantitative estimate of drug-likeness (QED) is 0.430. The van der Waals surface area contributed by atoms with E-state index >= 15 is 0 Å². The molecular formula is C9H15NO2. The summed E-state index contributed by atoms with van der Waals surface area (Å²) in [6.45, 7) is 2.02. The summed E-state index contributed by atoms with van der Waals surface area (Å²) in [5, 5.41) is 0. The number of esters is 1. The summed E-state index contributed by atoms with van der Waals surface area (Å²) in [4.78, 5) is 13.1. The van der Waals surface area contributed by atoms with Crippen LogP contribution in [0.1, 0.15) is 12.8 Å². The molecular weight excluding hydrogens is 154 g/mol. The highest BCUT2D eigenvalue weighted by atomic mass is 16.5. The molecule has 0 atom stereocenters. The van der Waals surface area contributed by atoms with Crippen molar-refractivity contribution in [2.24, 2.45) is 0 Å². The first-order valence-electron chi connectivity index (χ1n) is 4.18. The standard InChI is InChI=1S/C9H15NO2/c1-10-5-3-4-8(7-10)6-9(11)12-2/h6H,3-5,7H2,1-2H3/b8-6+. The maximum absolute atomic E-state index is 10.9. The Morgan fingerprint density at radius 1 is 1.67 bits per heavy atom. The highest BCUT2D eigenvalue weighted by Gasteiger charge is 2.11. The number of hydrogen-bond acceptors (Lipinski definition) is 3. The molecule has 1 aliphatic heterocycles. The van der Waals surface area contributed by atoms with Crippen LogP contribution < -0.4 is 0 Å². The molecule has 3 heteroatoms. The van der Waals surface area contributed by atoms with Crippen molar-refractivity contribution in [2.75, 3.05) is 27.2 Å². The van der Waals surface area contributed by atoms with Gasteiger partial charge in [0.05, 0.1) is 7.11 Å². The third-order valence-corrected chi connectivity index (χ3v) is 2.03. The monoisotopic (exact) mass is 169 g/mol. The van der Waals surface area contributed by atoms with Crippen LogP contribution in [0.25, 0.3) is 0 Å². The number of rotatable bonds is 1. The Balaban J connectivity index is 2.50. The molecule has 0 aliphatic carbocycles. The number of carbonyl (C=O) groups is 1. The first-order chi connectivity index (χ1) is 5.72. The van der Waals surface area contributed by atoms with Crippen molar-refractivity contribution < 1.29 is 9.53 Å². The van der Waals surface area contributed by atoms with E-state index in [0.717, 1.165) is 25.9 Å². The van der Waals surface area contributed by atoms with Crippen LogP contribution in [-0.2, 0) is 9.53 Å². The third kappa shape index (κ3) is 2.66. The average molecular weight is 169 g/mol. The van der Waals surface area contributed by atoms with Crippen LogP contribution in [0.15, 0.2) is 11.6 Å². The fourth-order valence-corrected chi connectivity index (χ4v) is 1.42. The molecule has 0 aromatic carbocycles. The molecule has 3 nitrogen and oxygen atoms in total. The van der Waals surface area contributed by atoms with E-state index < -0.39 is 0 Å². The van der Waals surface area contributed by atoms with E-state index in [1.54, 1.807) is 6.08 Å². The van der Waals surface area contributed by atoms with Gasteiger partial charge in [-0.05, 0) is 32.0 Å². The lowest BCUT2D eigenvalue weighted by molar-refractivity contribution is -0.134. The Labute approximate surface area is 73.0 Å². The van der Waals surface area contributed by atoms with Crippen LogP contribution >= 0.6 is 0 Å². The second kappa shape index (κ2) is 4.26. The maximum atomic E-state index is 10.9. The minimum Gasteiger partial charge on any atom is -0.466 e. The largest absolute Gasteiger partial charge is 0.466 e. The van der Waals surface area contributed by atoms with Gasteiger partial charge in [0.2, 0.25) is 0 Å². The van der Waals surface area contributed by atoms with Crippen molar-refractivity contribution in [2.45, 2.75) is 12.8 Å². The molecule has 0 aromatic rings. The molecule has 0 saturated carbocycles. The molecule has 0 unspecified atom stereocenters. The molecule has 1 rings (SSSR count). The first-order valence-corrected chi connectivity index (χ1v) is 4.18. The summed E-state index contributed by atoms with van der Waals surface area (Å²) in [6.07, 6.45) is 3.77. The molecule has 0 amide bonds. The highest BCUT2D eigenvalue weighted by molar-refractivity contribution is 5.82. The topological polar surface area (TPSA) is 29.5 Å². The molecule has 1 aliphatic rings. The number of hydrogen-bond donors (Lipinski definition) is 0. The lowest BCUT2D eigenvalue weighted by atomic mass is 10.1. The molecule has 1 fully saturated rings. The smallest absolute Gasteiger partial charge is 0.330 e. The summed E-state index contributed by atoms with van der Waals surface area (Å²) in [6, 6.07) is 0. The van der Waals surface area contributed by atoms with E-state index in [2.05, 4.69) is 16.7 Å². The van der Waals surface area contributed by atoms with Crippen molar-refractivity contribution in [3.8, 4) is 0 Å². The summed E-state index contributed by atoms with van der Waals surface area (Å²) < 4.78 is 4.55. The fourth-order valence-electron chi connectivity index (χ4n) is 1.42. The normalized spacial score (nSPS) is 22.7. The Hall–Kier alpha value is -0.830. The number of nitrogens with zero attached hydrogens (tertiary/aromatic N) is 1. The third-order valence-electron chi connectivity index (χ3n) is 2.03. The second-order valence-corrected chi connectivity index (χ2v) is 3.17. The Morgan fingerprint density at radius 2 is 2.42 bits per heavy atom. The number of likely N-dealkylation sites (tertiary alicyclic amines) is 1. The summed E-state index contributed by atoms with van der Waals surface area (Å²) >= 11 is 0. The van der Waals surface area contributed by atoms with E-state index in [9.17, 15) is 4.79 Å². The van der Waals surface area contributed by atoms with E-state index in [0.29, 0.717) is 0 Å². The molecule has 0 aromatic heterocycles. The molecule has 12 heavy (non-hydrogen) atoms. The predicted octanol–water partition coefficient (Wildman–Crippen LogP) is 0.811. The van der Waals surface area contributed by atoms with Crippen molar-refractivity contribution in [1.82, 2.24) is 4.90 Å². The van der Waals surface area contributed by atoms with Gasteiger partial charge >= 0.3 is 5.97 Å². The number of methoxy groups -OCH3 is 1. The van der Waals surface area contributed by atoms with Crippen molar-refractivity contribution in [1.29, 1.82) is 0 Å². The van der Waals surface area contributed by atoms with Crippen LogP contribution in [0, 0.1) is 0 Å². The van der Waals surface area contributed by atoms with Gasteiger partial charge in [-0.15, -0.1) is 0 Å². The Morgan fingerprint density at radius 3 is 3.00 bits per heavy atom. The van der Waals surface area contributed by atoms with Crippen LogP contribution in [0.3, 0.4) is 0 Å². The van der Waals surface area contributed by atoms with Crippen LogP contribution in [0.5, 0.6) is 0 Å². The van der Waals surface area contributed by atoms with Gasteiger partial charge in [0, 0.05) is 12.6 Å². The predicted molar refractivity (Wildman–Crippen MR) is 46.8 cm³/mol. The molecule has 0 spiro atoms. The number of likely N-dealkylation sites (N-methyl/N-ethyl adjacent to an activating group) is 1. The average Bonchev–Trinajstić information content (AvgIpc) is 2.04. The zero-order valence-corrected chi connectivity index (χ0v) is 7.67. The van der Waals surface area contributed by atoms with E-state index in [4.69, 9.17) is 0 Å². The van der Waals surface area contributed by atoms with E-state index in [-0.39, 0.29) is 5.97 Å². The first kappa shape index (κ1) is 9.26. The number of piperidine rings is 1. The number of ether oxygens (including phenoxy) is 1. The van der Waals surface area contributed by atoms with Gasteiger partial charge in [0.1, 0.15) is 0 Å². The van der Waals surface area contributed by atoms with E-state index in [1.165, 1.54) is 12.7 Å². The van der Waals surface area contributed by atoms with E-state index in [1.807, 2.05) is 0 Å². The van der Waals surface area contributed by atoms with Gasteiger partial charge in [0.25, 0.3) is 0 Å². The van der Waals surface area contributed by atoms with Crippen LogP contribution in [0.2, 0.25) is 0 Å². The Kier molecular flexibility index (Phi) is 3.29. The van der Waals surface area contributed by atoms with Crippen molar-refractivity contribution >= 4 is 5.97 Å². The SMILES string of the molecule is COC(=O)/C=C1\CCCN(C)C1. The number of carbonyl (C=O) groups excluding carboxylic acids is 1.